The summed E-state index contributed by atoms with van der Waals surface area (Å²) in [7, 11) is 0. The van der Waals surface area contributed by atoms with E-state index >= 15 is 0 Å². The number of rotatable bonds is 2. The summed E-state index contributed by atoms with van der Waals surface area (Å²) < 4.78 is 59.0. The normalized spacial score (nSPS) is 15.2. The predicted octanol–water partition coefficient (Wildman–Crippen LogP) is 1.85. The van der Waals surface area contributed by atoms with Gasteiger partial charge in [0.25, 0.3) is 0 Å². The molecule has 1 unspecified atom stereocenters. The highest BCUT2D eigenvalue weighted by Gasteiger charge is 2.30. The summed E-state index contributed by atoms with van der Waals surface area (Å²) in [5.74, 6) is 0.169. The van der Waals surface area contributed by atoms with Crippen LogP contribution in [0.5, 0.6) is 0 Å². The number of hydrogen-bond donors (Lipinski definition) is 0. The number of nitrogens with zero attached hydrogens (tertiary/aromatic N) is 2. The fourth-order valence-corrected chi connectivity index (χ4v) is 1.46. The smallest absolute Gasteiger partial charge is 0.413 e. The Labute approximate surface area is 92.1 Å². The number of halogens is 3. The first-order valence-electron chi connectivity index (χ1n) is 4.12. The molecule has 8 heteroatoms. The summed E-state index contributed by atoms with van der Waals surface area (Å²) >= 11 is -2.62. The maximum Gasteiger partial charge on any atom is 0.413 e. The van der Waals surface area contributed by atoms with Crippen molar-refractivity contribution in [3.05, 3.63) is 17.6 Å². The Hall–Kier alpha value is -1.15. The molecule has 4 nitrogen and oxygen atoms in total. The quantitative estimate of drug-likeness (QED) is 0.756. The fraction of sp³-hybridized carbons (Fsp3) is 0.375. The van der Waals surface area contributed by atoms with Crippen molar-refractivity contribution in [3.63, 3.8) is 0 Å². The summed E-state index contributed by atoms with van der Waals surface area (Å²) in [6.45, 7) is 2.27. The molecule has 0 saturated carbocycles. The Bertz CT molecular complexity index is 451. The summed E-state index contributed by atoms with van der Waals surface area (Å²) in [6, 6.07) is 0. The highest BCUT2D eigenvalue weighted by Crippen LogP contribution is 2.26. The molecular weight excluding hydrogens is 245 g/mol. The van der Waals surface area contributed by atoms with Crippen molar-refractivity contribution in [2.75, 3.05) is 0 Å². The highest BCUT2D eigenvalue weighted by atomic mass is 32.2. The molecule has 1 heterocycles. The van der Waals surface area contributed by atoms with E-state index in [1.54, 1.807) is 0 Å². The summed E-state index contributed by atoms with van der Waals surface area (Å²) in [5.41, 5.74) is -0.903. The van der Waals surface area contributed by atoms with Crippen molar-refractivity contribution >= 4 is 17.3 Å². The number of imidazole rings is 1. The number of alkyl halides is 3. The molecule has 0 aliphatic heterocycles. The Morgan fingerprint density at radius 2 is 2.19 bits per heavy atom. The standard InChI is InChI=1S/C8H9F3N2O2S/c1-5(8(9,10)11)4-13-6(2)12-3-7(13)16(14)15/h3-4H,1-2H3,(H,14,15)/p-1. The van der Waals surface area contributed by atoms with Crippen molar-refractivity contribution in [2.45, 2.75) is 25.0 Å². The van der Waals surface area contributed by atoms with Gasteiger partial charge in [-0.1, -0.05) is 0 Å². The molecule has 0 aliphatic carbocycles. The maximum absolute atomic E-state index is 12.2. The van der Waals surface area contributed by atoms with Crippen LogP contribution in [-0.2, 0) is 11.1 Å². The van der Waals surface area contributed by atoms with Gasteiger partial charge < -0.3 is 4.55 Å². The lowest BCUT2D eigenvalue weighted by atomic mass is 10.3. The van der Waals surface area contributed by atoms with Gasteiger partial charge in [0, 0.05) is 11.8 Å². The lowest BCUT2D eigenvalue weighted by Gasteiger charge is -2.11. The van der Waals surface area contributed by atoms with Gasteiger partial charge in [-0.3, -0.25) is 8.78 Å². The molecule has 0 N–H and O–H groups in total. The minimum Gasteiger partial charge on any atom is -0.767 e. The van der Waals surface area contributed by atoms with Crippen LogP contribution in [0, 0.1) is 6.92 Å². The van der Waals surface area contributed by atoms with Crippen LogP contribution in [0.4, 0.5) is 13.2 Å². The van der Waals surface area contributed by atoms with E-state index in [1.807, 2.05) is 0 Å². The molecule has 0 bridgehead atoms. The molecule has 0 spiro atoms. The van der Waals surface area contributed by atoms with E-state index in [0.717, 1.165) is 17.7 Å². The van der Waals surface area contributed by atoms with Crippen LogP contribution in [0.15, 0.2) is 16.8 Å². The number of hydrogen-bond acceptors (Lipinski definition) is 3. The van der Waals surface area contributed by atoms with Crippen molar-refractivity contribution in [2.24, 2.45) is 0 Å². The molecular formula is C8H8F3N2O2S-. The summed E-state index contributed by atoms with van der Waals surface area (Å²) in [4.78, 5) is 3.63. The SMILES string of the molecule is CC(=Cn1c(S(=O)[O-])cnc1C)C(F)(F)F. The average molecular weight is 253 g/mol. The second-order valence-corrected chi connectivity index (χ2v) is 3.95. The third-order valence-electron chi connectivity index (χ3n) is 1.89. The first-order valence-corrected chi connectivity index (χ1v) is 5.19. The lowest BCUT2D eigenvalue weighted by molar-refractivity contribution is -0.0906. The molecule has 0 amide bonds. The van der Waals surface area contributed by atoms with Gasteiger partial charge >= 0.3 is 6.18 Å². The van der Waals surface area contributed by atoms with E-state index < -0.39 is 22.8 Å². The van der Waals surface area contributed by atoms with Crippen LogP contribution in [0.1, 0.15) is 12.7 Å². The van der Waals surface area contributed by atoms with Crippen LogP contribution in [0.2, 0.25) is 0 Å². The molecule has 0 saturated heterocycles. The van der Waals surface area contributed by atoms with E-state index in [1.165, 1.54) is 6.92 Å². The van der Waals surface area contributed by atoms with Gasteiger partial charge in [0.05, 0.1) is 6.20 Å². The first-order chi connectivity index (χ1) is 7.23. The predicted molar refractivity (Wildman–Crippen MR) is 50.2 cm³/mol. The Balaban J connectivity index is 3.24. The molecule has 1 aromatic rings. The zero-order valence-corrected chi connectivity index (χ0v) is 9.22. The lowest BCUT2D eigenvalue weighted by Crippen LogP contribution is -2.11. The van der Waals surface area contributed by atoms with E-state index in [-0.39, 0.29) is 10.9 Å². The zero-order valence-electron chi connectivity index (χ0n) is 8.41. The third-order valence-corrected chi connectivity index (χ3v) is 2.53. The molecule has 0 aromatic carbocycles. The van der Waals surface area contributed by atoms with E-state index in [0.29, 0.717) is 6.20 Å². The Morgan fingerprint density at radius 1 is 1.62 bits per heavy atom. The Morgan fingerprint density at radius 3 is 2.62 bits per heavy atom. The van der Waals surface area contributed by atoms with E-state index in [4.69, 9.17) is 0 Å². The van der Waals surface area contributed by atoms with Gasteiger partial charge in [0.2, 0.25) is 0 Å². The van der Waals surface area contributed by atoms with Crippen molar-refractivity contribution in [1.82, 2.24) is 9.55 Å². The van der Waals surface area contributed by atoms with Gasteiger partial charge in [-0.15, -0.1) is 0 Å². The molecule has 90 valence electrons. The highest BCUT2D eigenvalue weighted by molar-refractivity contribution is 7.79. The average Bonchev–Trinajstić information content (AvgIpc) is 2.46. The topological polar surface area (TPSA) is 58.0 Å². The molecule has 0 aliphatic rings. The van der Waals surface area contributed by atoms with E-state index in [9.17, 15) is 21.9 Å². The van der Waals surface area contributed by atoms with Crippen LogP contribution in [0.3, 0.4) is 0 Å². The second kappa shape index (κ2) is 4.38. The minimum atomic E-state index is -4.49. The van der Waals surface area contributed by atoms with Gasteiger partial charge in [-0.05, 0) is 24.9 Å². The summed E-state index contributed by atoms with van der Waals surface area (Å²) in [5, 5.41) is -0.305. The van der Waals surface area contributed by atoms with Gasteiger partial charge in [0.1, 0.15) is 10.9 Å². The van der Waals surface area contributed by atoms with E-state index in [2.05, 4.69) is 4.98 Å². The van der Waals surface area contributed by atoms with Gasteiger partial charge in [0.15, 0.2) is 0 Å². The van der Waals surface area contributed by atoms with Crippen LogP contribution < -0.4 is 0 Å². The molecule has 1 atom stereocenters. The third kappa shape index (κ3) is 2.70. The first kappa shape index (κ1) is 12.9. The van der Waals surface area contributed by atoms with Crippen LogP contribution in [0.25, 0.3) is 6.20 Å². The van der Waals surface area contributed by atoms with Gasteiger partial charge in [-0.2, -0.15) is 13.2 Å². The maximum atomic E-state index is 12.2. The minimum absolute atomic E-state index is 0.169. The molecule has 1 aromatic heterocycles. The largest absolute Gasteiger partial charge is 0.767 e. The summed E-state index contributed by atoms with van der Waals surface area (Å²) in [6.07, 6.45) is -2.79. The second-order valence-electron chi connectivity index (χ2n) is 3.06. The van der Waals surface area contributed by atoms with Crippen LogP contribution >= 0.6 is 0 Å². The number of allylic oxidation sites excluding steroid dienone is 1. The number of aryl methyl sites for hydroxylation is 1. The molecule has 16 heavy (non-hydrogen) atoms. The molecule has 0 fully saturated rings. The number of aromatic nitrogens is 2. The zero-order chi connectivity index (χ0) is 12.5. The monoisotopic (exact) mass is 253 g/mol. The Kier molecular flexibility index (Phi) is 3.54. The van der Waals surface area contributed by atoms with Crippen LogP contribution in [-0.4, -0.2) is 24.5 Å². The molecule has 0 radical (unpaired) electrons. The van der Waals surface area contributed by atoms with Gasteiger partial charge in [-0.25, -0.2) is 4.98 Å². The van der Waals surface area contributed by atoms with Crippen molar-refractivity contribution in [3.8, 4) is 0 Å². The molecule has 1 rings (SSSR count). The van der Waals surface area contributed by atoms with Crippen molar-refractivity contribution < 1.29 is 21.9 Å². The fourth-order valence-electron chi connectivity index (χ4n) is 0.980. The van der Waals surface area contributed by atoms with Crippen molar-refractivity contribution in [1.29, 1.82) is 0 Å².